The van der Waals surface area contributed by atoms with Crippen LogP contribution < -0.4 is 10.6 Å². The molecule has 3 aromatic rings. The average molecular weight is 491 g/mol. The molecule has 1 aromatic carbocycles. The second-order valence-corrected chi connectivity index (χ2v) is 9.92. The topological polar surface area (TPSA) is 107 Å². The fourth-order valence-corrected chi connectivity index (χ4v) is 5.72. The maximum Gasteiger partial charge on any atom is 0.289 e. The third-order valence-electron chi connectivity index (χ3n) is 7.62. The predicted octanol–water partition coefficient (Wildman–Crippen LogP) is 3.65. The summed E-state index contributed by atoms with van der Waals surface area (Å²) in [6, 6.07) is 11.1. The molecule has 1 saturated heterocycles. The van der Waals surface area contributed by atoms with Crippen molar-refractivity contribution in [2.45, 2.75) is 51.0 Å². The number of carbonyl (C=O) groups excluding carboxylic acids is 3. The Kier molecular flexibility index (Phi) is 7.39. The number of aromatic amines is 1. The Morgan fingerprint density at radius 1 is 1.06 bits per heavy atom. The van der Waals surface area contributed by atoms with Crippen molar-refractivity contribution in [2.75, 3.05) is 19.6 Å². The van der Waals surface area contributed by atoms with Crippen molar-refractivity contribution in [2.24, 2.45) is 11.8 Å². The number of benzene rings is 1. The average Bonchev–Trinajstić information content (AvgIpc) is 3.65. The quantitative estimate of drug-likeness (QED) is 0.507. The monoisotopic (exact) mass is 490 g/mol. The van der Waals surface area contributed by atoms with Crippen LogP contribution in [0.15, 0.2) is 53.3 Å². The molecule has 8 heteroatoms. The number of hydrogen-bond donors (Lipinski definition) is 3. The lowest BCUT2D eigenvalue weighted by Crippen LogP contribution is -2.47. The minimum absolute atomic E-state index is 0.0485. The van der Waals surface area contributed by atoms with Crippen LogP contribution in [0.5, 0.6) is 0 Å². The molecule has 0 bridgehead atoms. The Hall–Kier alpha value is -3.55. The van der Waals surface area contributed by atoms with E-state index in [9.17, 15) is 14.4 Å². The first-order valence-corrected chi connectivity index (χ1v) is 13.1. The molecule has 3 atom stereocenters. The molecular formula is C28H34N4O4. The maximum atomic E-state index is 13.3. The number of aromatic nitrogens is 1. The first-order chi connectivity index (χ1) is 17.6. The molecule has 3 heterocycles. The van der Waals surface area contributed by atoms with Crippen LogP contribution in [0, 0.1) is 11.8 Å². The summed E-state index contributed by atoms with van der Waals surface area (Å²) < 4.78 is 5.40. The zero-order valence-corrected chi connectivity index (χ0v) is 20.5. The number of carbonyl (C=O) groups is 3. The van der Waals surface area contributed by atoms with Gasteiger partial charge in [-0.3, -0.25) is 14.4 Å². The predicted molar refractivity (Wildman–Crippen MR) is 136 cm³/mol. The Morgan fingerprint density at radius 2 is 1.92 bits per heavy atom. The van der Waals surface area contributed by atoms with Crippen molar-refractivity contribution in [1.82, 2.24) is 20.5 Å². The van der Waals surface area contributed by atoms with Gasteiger partial charge in [0.25, 0.3) is 5.91 Å². The molecule has 0 radical (unpaired) electrons. The van der Waals surface area contributed by atoms with Gasteiger partial charge in [0.15, 0.2) is 5.76 Å². The number of furan rings is 1. The van der Waals surface area contributed by atoms with Gasteiger partial charge in [0.05, 0.1) is 12.2 Å². The molecule has 8 nitrogen and oxygen atoms in total. The number of H-pyrrole nitrogens is 1. The van der Waals surface area contributed by atoms with E-state index in [1.165, 1.54) is 6.26 Å². The van der Waals surface area contributed by atoms with E-state index >= 15 is 0 Å². The molecule has 3 amide bonds. The Balaban J connectivity index is 1.28. The number of rotatable bonds is 5. The van der Waals surface area contributed by atoms with Crippen molar-refractivity contribution >= 4 is 28.6 Å². The van der Waals surface area contributed by atoms with Gasteiger partial charge in [0.1, 0.15) is 0 Å². The third-order valence-corrected chi connectivity index (χ3v) is 7.62. The number of nitrogens with one attached hydrogen (secondary N) is 3. The third kappa shape index (κ3) is 5.17. The molecule has 2 aliphatic rings. The van der Waals surface area contributed by atoms with E-state index in [1.807, 2.05) is 24.4 Å². The van der Waals surface area contributed by atoms with Gasteiger partial charge in [-0.25, -0.2) is 0 Å². The number of amides is 3. The number of fused-ring (bicyclic) bond motifs is 2. The number of nitrogens with zero attached hydrogens (tertiary/aromatic N) is 1. The summed E-state index contributed by atoms with van der Waals surface area (Å²) >= 11 is 0. The highest BCUT2D eigenvalue weighted by molar-refractivity contribution is 5.93. The molecular weight excluding hydrogens is 456 g/mol. The lowest BCUT2D eigenvalue weighted by molar-refractivity contribution is -0.126. The Labute approximate surface area is 210 Å². The molecule has 1 aliphatic carbocycles. The highest BCUT2D eigenvalue weighted by Crippen LogP contribution is 2.36. The maximum absolute atomic E-state index is 13.3. The molecule has 2 fully saturated rings. The van der Waals surface area contributed by atoms with Gasteiger partial charge in [-0.2, -0.15) is 0 Å². The fraction of sp³-hybridized carbons (Fsp3) is 0.464. The van der Waals surface area contributed by atoms with E-state index in [0.29, 0.717) is 32.5 Å². The van der Waals surface area contributed by atoms with Crippen molar-refractivity contribution in [1.29, 1.82) is 0 Å². The summed E-state index contributed by atoms with van der Waals surface area (Å²) in [5.41, 5.74) is 2.25. The molecule has 0 spiro atoms. The standard InChI is InChI=1S/C28H34N4O4/c33-26(30-13-11-19-18-31-23-9-4-3-8-21(19)23)20-16-22-24(17-20)32(28(35)25-10-7-15-36-25)14-6-2-1-5-12-29-27(22)34/h3-4,7-10,15,18,20,22,24,31H,1-2,5-6,11-14,16-17H2,(H,29,34)(H,30,33)/t20-,22-,24+/m1/s1. The second kappa shape index (κ2) is 11.0. The van der Waals surface area contributed by atoms with Crippen LogP contribution in [0.25, 0.3) is 10.9 Å². The van der Waals surface area contributed by atoms with Crippen LogP contribution in [0.4, 0.5) is 0 Å². The van der Waals surface area contributed by atoms with Crippen LogP contribution in [0.3, 0.4) is 0 Å². The van der Waals surface area contributed by atoms with E-state index in [1.54, 1.807) is 17.0 Å². The largest absolute Gasteiger partial charge is 0.459 e. The Morgan fingerprint density at radius 3 is 2.78 bits per heavy atom. The zero-order chi connectivity index (χ0) is 24.9. The molecule has 0 unspecified atom stereocenters. The molecule has 2 aromatic heterocycles. The molecule has 1 aliphatic heterocycles. The van der Waals surface area contributed by atoms with Gasteiger partial charge in [-0.1, -0.05) is 31.0 Å². The number of hydrogen-bond acceptors (Lipinski definition) is 4. The first-order valence-electron chi connectivity index (χ1n) is 13.1. The molecule has 1 saturated carbocycles. The van der Waals surface area contributed by atoms with E-state index < -0.39 is 5.92 Å². The van der Waals surface area contributed by atoms with E-state index in [0.717, 1.165) is 48.6 Å². The van der Waals surface area contributed by atoms with Crippen LogP contribution in [-0.2, 0) is 16.0 Å². The summed E-state index contributed by atoms with van der Waals surface area (Å²) in [5, 5.41) is 7.30. The zero-order valence-electron chi connectivity index (χ0n) is 20.5. The molecule has 36 heavy (non-hydrogen) atoms. The van der Waals surface area contributed by atoms with E-state index in [-0.39, 0.29) is 35.4 Å². The lowest BCUT2D eigenvalue weighted by atomic mass is 10.00. The van der Waals surface area contributed by atoms with Crippen molar-refractivity contribution < 1.29 is 18.8 Å². The smallest absolute Gasteiger partial charge is 0.289 e. The van der Waals surface area contributed by atoms with Crippen LogP contribution in [-0.4, -0.2) is 53.3 Å². The van der Waals surface area contributed by atoms with Gasteiger partial charge >= 0.3 is 0 Å². The molecule has 190 valence electrons. The van der Waals surface area contributed by atoms with E-state index in [4.69, 9.17) is 4.42 Å². The second-order valence-electron chi connectivity index (χ2n) is 9.92. The summed E-state index contributed by atoms with van der Waals surface area (Å²) in [4.78, 5) is 44.7. The van der Waals surface area contributed by atoms with Gasteiger partial charge in [0, 0.05) is 48.7 Å². The summed E-state index contributed by atoms with van der Waals surface area (Å²) in [7, 11) is 0. The van der Waals surface area contributed by atoms with Crippen LogP contribution >= 0.6 is 0 Å². The van der Waals surface area contributed by atoms with Gasteiger partial charge in [0.2, 0.25) is 11.8 Å². The fourth-order valence-electron chi connectivity index (χ4n) is 5.72. The SMILES string of the molecule is O=C(NCCc1c[nH]c2ccccc12)[C@@H]1C[C@H]2C(=O)NCCCCCCN(C(=O)c3ccco3)[C@H]2C1. The summed E-state index contributed by atoms with van der Waals surface area (Å²) in [6.07, 6.45) is 8.91. The summed E-state index contributed by atoms with van der Waals surface area (Å²) in [5.74, 6) is -0.770. The highest BCUT2D eigenvalue weighted by atomic mass is 16.3. The van der Waals surface area contributed by atoms with Crippen molar-refractivity contribution in [3.8, 4) is 0 Å². The first kappa shape index (κ1) is 24.2. The number of para-hydroxylation sites is 1. The van der Waals surface area contributed by atoms with E-state index in [2.05, 4.69) is 21.7 Å². The minimum atomic E-state index is -0.411. The van der Waals surface area contributed by atoms with Crippen molar-refractivity contribution in [3.63, 3.8) is 0 Å². The molecule has 3 N–H and O–H groups in total. The van der Waals surface area contributed by atoms with Crippen LogP contribution in [0.2, 0.25) is 0 Å². The molecule has 5 rings (SSSR count). The van der Waals surface area contributed by atoms with Gasteiger partial charge in [-0.15, -0.1) is 0 Å². The van der Waals surface area contributed by atoms with Crippen LogP contribution in [0.1, 0.15) is 54.6 Å². The Bertz CT molecular complexity index is 1200. The normalized spacial score (nSPS) is 23.1. The van der Waals surface area contributed by atoms with Gasteiger partial charge in [-0.05, 0) is 55.9 Å². The van der Waals surface area contributed by atoms with Crippen molar-refractivity contribution in [3.05, 3.63) is 60.2 Å². The van der Waals surface area contributed by atoms with Gasteiger partial charge < -0.3 is 24.9 Å². The highest BCUT2D eigenvalue weighted by Gasteiger charge is 2.46. The minimum Gasteiger partial charge on any atom is -0.459 e. The summed E-state index contributed by atoms with van der Waals surface area (Å²) in [6.45, 7) is 1.71. The lowest BCUT2D eigenvalue weighted by Gasteiger charge is -2.32.